The Morgan fingerprint density at radius 2 is 2.10 bits per heavy atom. The number of sulfonamides is 1. The minimum Gasteiger partial charge on any atom is -0.315 e. The van der Waals surface area contributed by atoms with E-state index in [1.165, 1.54) is 28.5 Å². The Balaban J connectivity index is 2.05. The number of rotatable bonds is 7. The first-order chi connectivity index (χ1) is 9.95. The van der Waals surface area contributed by atoms with Gasteiger partial charge in [0.05, 0.1) is 3.79 Å². The highest BCUT2D eigenvalue weighted by molar-refractivity contribution is 9.11. The van der Waals surface area contributed by atoms with Gasteiger partial charge < -0.3 is 10.2 Å². The molecule has 0 spiro atoms. The first kappa shape index (κ1) is 17.4. The molecule has 1 saturated heterocycles. The number of hydrogen-bond acceptors (Lipinski definition) is 5. The van der Waals surface area contributed by atoms with Crippen LogP contribution in [0.3, 0.4) is 0 Å². The molecule has 2 heterocycles. The third kappa shape index (κ3) is 4.27. The van der Waals surface area contributed by atoms with E-state index in [1.807, 2.05) is 7.05 Å². The Bertz CT molecular complexity index is 568. The van der Waals surface area contributed by atoms with Gasteiger partial charge in [0.15, 0.2) is 0 Å². The number of nitrogens with one attached hydrogen (secondary N) is 1. The molecule has 0 bridgehead atoms. The molecular formula is C13H22BrN3O2S2. The van der Waals surface area contributed by atoms with Crippen LogP contribution >= 0.6 is 27.3 Å². The molecule has 21 heavy (non-hydrogen) atoms. The fraction of sp³-hybridized carbons (Fsp3) is 0.692. The lowest BCUT2D eigenvalue weighted by atomic mass is 10.4. The highest BCUT2D eigenvalue weighted by atomic mass is 79.9. The number of likely N-dealkylation sites (N-methyl/N-ethyl adjacent to an activating group) is 1. The van der Waals surface area contributed by atoms with Crippen molar-refractivity contribution >= 4 is 37.3 Å². The van der Waals surface area contributed by atoms with Crippen molar-refractivity contribution in [2.45, 2.75) is 24.3 Å². The minimum absolute atomic E-state index is 0.377. The fourth-order valence-electron chi connectivity index (χ4n) is 2.41. The molecule has 0 aliphatic carbocycles. The summed E-state index contributed by atoms with van der Waals surface area (Å²) in [5, 5.41) is 3.04. The van der Waals surface area contributed by atoms with Crippen molar-refractivity contribution in [2.75, 3.05) is 40.3 Å². The highest BCUT2D eigenvalue weighted by Gasteiger charge is 2.26. The van der Waals surface area contributed by atoms with Crippen LogP contribution in [0.15, 0.2) is 14.7 Å². The van der Waals surface area contributed by atoms with E-state index in [9.17, 15) is 8.42 Å². The Hall–Kier alpha value is 0.01000. The second-order valence-electron chi connectivity index (χ2n) is 5.26. The summed E-state index contributed by atoms with van der Waals surface area (Å²) in [5.41, 5.74) is 0. The SMILES string of the molecule is CNCc1cc(S(=O)(=O)N(C)CCN2CCCC2)c(Br)s1. The average Bonchev–Trinajstić information content (AvgIpc) is 3.06. The zero-order valence-corrected chi connectivity index (χ0v) is 15.7. The molecule has 1 fully saturated rings. The number of thiophene rings is 1. The monoisotopic (exact) mass is 395 g/mol. The van der Waals surface area contributed by atoms with E-state index in [0.29, 0.717) is 21.8 Å². The van der Waals surface area contributed by atoms with E-state index < -0.39 is 10.0 Å². The molecule has 0 amide bonds. The quantitative estimate of drug-likeness (QED) is 0.766. The number of hydrogen-bond donors (Lipinski definition) is 1. The van der Waals surface area contributed by atoms with Crippen molar-refractivity contribution in [3.63, 3.8) is 0 Å². The predicted octanol–water partition coefficient (Wildman–Crippen LogP) is 1.95. The number of nitrogens with zero attached hydrogens (tertiary/aromatic N) is 2. The van der Waals surface area contributed by atoms with Gasteiger partial charge in [-0.05, 0) is 55.0 Å². The number of halogens is 1. The summed E-state index contributed by atoms with van der Waals surface area (Å²) >= 11 is 4.85. The van der Waals surface area contributed by atoms with Crippen molar-refractivity contribution in [2.24, 2.45) is 0 Å². The molecule has 1 aliphatic heterocycles. The maximum atomic E-state index is 12.6. The molecular weight excluding hydrogens is 374 g/mol. The van der Waals surface area contributed by atoms with Gasteiger partial charge in [0, 0.05) is 31.6 Å². The molecule has 0 radical (unpaired) electrons. The van der Waals surface area contributed by atoms with E-state index in [4.69, 9.17) is 0 Å². The molecule has 0 aromatic carbocycles. The first-order valence-corrected chi connectivity index (χ1v) is 10.1. The normalized spacial score (nSPS) is 17.0. The third-order valence-corrected chi connectivity index (χ3v) is 7.78. The van der Waals surface area contributed by atoms with Gasteiger partial charge in [-0.1, -0.05) is 0 Å². The van der Waals surface area contributed by atoms with E-state index >= 15 is 0 Å². The Morgan fingerprint density at radius 3 is 2.71 bits per heavy atom. The fourth-order valence-corrected chi connectivity index (χ4v) is 6.21. The van der Waals surface area contributed by atoms with Gasteiger partial charge >= 0.3 is 0 Å². The lowest BCUT2D eigenvalue weighted by Gasteiger charge is -2.21. The van der Waals surface area contributed by atoms with E-state index in [1.54, 1.807) is 13.1 Å². The van der Waals surface area contributed by atoms with E-state index in [2.05, 4.69) is 26.1 Å². The Kier molecular flexibility index (Phi) is 6.22. The van der Waals surface area contributed by atoms with Gasteiger partial charge in [-0.3, -0.25) is 0 Å². The second kappa shape index (κ2) is 7.52. The van der Waals surface area contributed by atoms with Crippen LogP contribution in [0.5, 0.6) is 0 Å². The van der Waals surface area contributed by atoms with Gasteiger partial charge in [-0.25, -0.2) is 8.42 Å². The largest absolute Gasteiger partial charge is 0.315 e. The van der Waals surface area contributed by atoms with Crippen molar-refractivity contribution in [3.05, 3.63) is 14.7 Å². The Labute approximate surface area is 139 Å². The van der Waals surface area contributed by atoms with Gasteiger partial charge in [-0.15, -0.1) is 11.3 Å². The second-order valence-corrected chi connectivity index (χ2v) is 9.72. The molecule has 1 aromatic rings. The maximum absolute atomic E-state index is 12.6. The average molecular weight is 396 g/mol. The van der Waals surface area contributed by atoms with Crippen molar-refractivity contribution in [1.29, 1.82) is 0 Å². The van der Waals surface area contributed by atoms with Crippen LogP contribution in [0.4, 0.5) is 0 Å². The van der Waals surface area contributed by atoms with Crippen LogP contribution in [0.25, 0.3) is 0 Å². The molecule has 8 heteroatoms. The van der Waals surface area contributed by atoms with Crippen LogP contribution in [0.2, 0.25) is 0 Å². The zero-order valence-electron chi connectivity index (χ0n) is 12.4. The van der Waals surface area contributed by atoms with Crippen LogP contribution in [-0.2, 0) is 16.6 Å². The third-order valence-electron chi connectivity index (χ3n) is 3.68. The van der Waals surface area contributed by atoms with Crippen molar-refractivity contribution < 1.29 is 8.42 Å². The molecule has 0 saturated carbocycles. The molecule has 1 aliphatic rings. The van der Waals surface area contributed by atoms with Gasteiger partial charge in [0.25, 0.3) is 0 Å². The van der Waals surface area contributed by atoms with Crippen LogP contribution < -0.4 is 5.32 Å². The summed E-state index contributed by atoms with van der Waals surface area (Å²) in [4.78, 5) is 3.71. The molecule has 2 rings (SSSR count). The summed E-state index contributed by atoms with van der Waals surface area (Å²) in [6.45, 7) is 4.19. The van der Waals surface area contributed by atoms with Gasteiger partial charge in [0.2, 0.25) is 10.0 Å². The minimum atomic E-state index is -3.42. The van der Waals surface area contributed by atoms with Crippen molar-refractivity contribution in [1.82, 2.24) is 14.5 Å². The molecule has 0 unspecified atom stereocenters. The molecule has 5 nitrogen and oxygen atoms in total. The molecule has 1 N–H and O–H groups in total. The highest BCUT2D eigenvalue weighted by Crippen LogP contribution is 2.33. The first-order valence-electron chi connectivity index (χ1n) is 7.06. The van der Waals surface area contributed by atoms with Gasteiger partial charge in [0.1, 0.15) is 4.90 Å². The topological polar surface area (TPSA) is 52.7 Å². The standard InChI is InChI=1S/C13H22BrN3O2S2/c1-15-10-11-9-12(13(14)20-11)21(18,19)16(2)7-8-17-5-3-4-6-17/h9,15H,3-8,10H2,1-2H3. The predicted molar refractivity (Wildman–Crippen MR) is 90.3 cm³/mol. The summed E-state index contributed by atoms with van der Waals surface area (Å²) in [6, 6.07) is 1.76. The van der Waals surface area contributed by atoms with E-state index in [0.717, 1.165) is 24.5 Å². The van der Waals surface area contributed by atoms with Crippen molar-refractivity contribution in [3.8, 4) is 0 Å². The summed E-state index contributed by atoms with van der Waals surface area (Å²) in [7, 11) is 0.0947. The molecule has 0 atom stereocenters. The van der Waals surface area contributed by atoms with E-state index in [-0.39, 0.29) is 0 Å². The lowest BCUT2D eigenvalue weighted by Crippen LogP contribution is -2.35. The Morgan fingerprint density at radius 1 is 1.43 bits per heavy atom. The number of likely N-dealkylation sites (tertiary alicyclic amines) is 1. The smallest absolute Gasteiger partial charge is 0.244 e. The maximum Gasteiger partial charge on any atom is 0.244 e. The van der Waals surface area contributed by atoms with Crippen LogP contribution in [0, 0.1) is 0 Å². The molecule has 120 valence electrons. The zero-order chi connectivity index (χ0) is 15.5. The summed E-state index contributed by atoms with van der Waals surface area (Å²) in [6.07, 6.45) is 2.44. The molecule has 1 aromatic heterocycles. The van der Waals surface area contributed by atoms with Crippen LogP contribution in [0.1, 0.15) is 17.7 Å². The summed E-state index contributed by atoms with van der Waals surface area (Å²) < 4.78 is 27.4. The van der Waals surface area contributed by atoms with Gasteiger partial charge in [-0.2, -0.15) is 4.31 Å². The van der Waals surface area contributed by atoms with Crippen LogP contribution in [-0.4, -0.2) is 57.9 Å². The lowest BCUT2D eigenvalue weighted by molar-refractivity contribution is 0.310. The summed E-state index contributed by atoms with van der Waals surface area (Å²) in [5.74, 6) is 0.